The van der Waals surface area contributed by atoms with E-state index in [0.717, 1.165) is 17.5 Å². The van der Waals surface area contributed by atoms with Crippen LogP contribution in [0.3, 0.4) is 0 Å². The predicted octanol–water partition coefficient (Wildman–Crippen LogP) is 2.11. The zero-order valence-corrected chi connectivity index (χ0v) is 12.3. The molecular weight excluding hydrogens is 256 g/mol. The Hall–Kier alpha value is -2.11. The number of pyridine rings is 1. The summed E-state index contributed by atoms with van der Waals surface area (Å²) in [4.78, 5) is 20.7. The van der Waals surface area contributed by atoms with Crippen LogP contribution in [0.25, 0.3) is 11.0 Å². The lowest BCUT2D eigenvalue weighted by Gasteiger charge is -2.28. The van der Waals surface area contributed by atoms with Crippen molar-refractivity contribution in [1.82, 2.24) is 14.5 Å². The minimum atomic E-state index is -0.803. The Morgan fingerprint density at radius 2 is 2.25 bits per heavy atom. The molecule has 0 fully saturated rings. The van der Waals surface area contributed by atoms with Crippen molar-refractivity contribution in [2.24, 2.45) is 7.05 Å². The van der Waals surface area contributed by atoms with Gasteiger partial charge in [-0.15, -0.1) is 0 Å². The van der Waals surface area contributed by atoms with Gasteiger partial charge in [0, 0.05) is 13.2 Å². The van der Waals surface area contributed by atoms with E-state index in [1.807, 2.05) is 31.5 Å². The van der Waals surface area contributed by atoms with Crippen molar-refractivity contribution < 1.29 is 9.53 Å². The maximum absolute atomic E-state index is 12.0. The van der Waals surface area contributed by atoms with Gasteiger partial charge in [0.2, 0.25) is 0 Å². The minimum absolute atomic E-state index is 0.297. The summed E-state index contributed by atoms with van der Waals surface area (Å²) in [6, 6.07) is 1.89. The number of esters is 1. The van der Waals surface area contributed by atoms with Gasteiger partial charge in [0.15, 0.2) is 5.82 Å². The number of aryl methyl sites for hydroxylation is 1. The molecule has 0 saturated carbocycles. The highest BCUT2D eigenvalue weighted by molar-refractivity contribution is 5.90. The van der Waals surface area contributed by atoms with Crippen LogP contribution in [0.4, 0.5) is 5.82 Å². The molecule has 0 radical (unpaired) electrons. The molecule has 1 N–H and O–H groups in total. The molecule has 2 aromatic rings. The second kappa shape index (κ2) is 5.48. The van der Waals surface area contributed by atoms with Crippen LogP contribution in [-0.4, -0.2) is 33.2 Å². The van der Waals surface area contributed by atoms with Crippen molar-refractivity contribution in [3.8, 4) is 0 Å². The van der Waals surface area contributed by atoms with Crippen molar-refractivity contribution in [3.63, 3.8) is 0 Å². The Kier molecular flexibility index (Phi) is 3.92. The van der Waals surface area contributed by atoms with Gasteiger partial charge in [0.1, 0.15) is 11.1 Å². The number of carbonyl (C=O) groups is 1. The second-order valence-electron chi connectivity index (χ2n) is 5.08. The van der Waals surface area contributed by atoms with E-state index in [1.54, 1.807) is 12.5 Å². The highest BCUT2D eigenvalue weighted by Crippen LogP contribution is 2.25. The standard InChI is InChI=1S/C14H20N4O2/c1-5-7-14(2,13(19)20-4)17-12-11-10(6-8-15-12)18(3)9-16-11/h6,8-9H,5,7H2,1-4H3,(H,15,17). The lowest BCUT2D eigenvalue weighted by Crippen LogP contribution is -2.44. The molecule has 0 aliphatic carbocycles. The number of fused-ring (bicyclic) bond motifs is 1. The summed E-state index contributed by atoms with van der Waals surface area (Å²) >= 11 is 0. The molecule has 0 aromatic carbocycles. The minimum Gasteiger partial charge on any atom is -0.467 e. The van der Waals surface area contributed by atoms with Crippen molar-refractivity contribution >= 4 is 22.8 Å². The van der Waals surface area contributed by atoms with Crippen molar-refractivity contribution in [2.75, 3.05) is 12.4 Å². The fourth-order valence-corrected chi connectivity index (χ4v) is 2.36. The van der Waals surface area contributed by atoms with E-state index in [2.05, 4.69) is 15.3 Å². The second-order valence-corrected chi connectivity index (χ2v) is 5.08. The quantitative estimate of drug-likeness (QED) is 0.847. The smallest absolute Gasteiger partial charge is 0.331 e. The van der Waals surface area contributed by atoms with Crippen LogP contribution < -0.4 is 5.32 Å². The number of carbonyl (C=O) groups excluding carboxylic acids is 1. The SMILES string of the molecule is CCCC(C)(Nc1nccc2c1ncn2C)C(=O)OC. The number of hydrogen-bond acceptors (Lipinski definition) is 5. The first-order chi connectivity index (χ1) is 9.51. The zero-order chi connectivity index (χ0) is 14.8. The van der Waals surface area contributed by atoms with E-state index >= 15 is 0 Å². The van der Waals surface area contributed by atoms with Gasteiger partial charge >= 0.3 is 5.97 Å². The number of methoxy groups -OCH3 is 1. The fraction of sp³-hybridized carbons (Fsp3) is 0.500. The summed E-state index contributed by atoms with van der Waals surface area (Å²) in [5.41, 5.74) is 0.912. The van der Waals surface area contributed by atoms with Crippen LogP contribution in [0.15, 0.2) is 18.6 Å². The number of nitrogens with zero attached hydrogens (tertiary/aromatic N) is 3. The number of nitrogens with one attached hydrogen (secondary N) is 1. The molecule has 0 bridgehead atoms. The fourth-order valence-electron chi connectivity index (χ4n) is 2.36. The van der Waals surface area contributed by atoms with E-state index < -0.39 is 5.54 Å². The van der Waals surface area contributed by atoms with Gasteiger partial charge in [-0.2, -0.15) is 0 Å². The van der Waals surface area contributed by atoms with E-state index in [9.17, 15) is 4.79 Å². The van der Waals surface area contributed by atoms with Crippen LogP contribution in [0.1, 0.15) is 26.7 Å². The first-order valence-corrected chi connectivity index (χ1v) is 6.64. The van der Waals surface area contributed by atoms with Crippen LogP contribution >= 0.6 is 0 Å². The third-order valence-electron chi connectivity index (χ3n) is 3.42. The van der Waals surface area contributed by atoms with Gasteiger partial charge in [-0.1, -0.05) is 13.3 Å². The molecule has 0 amide bonds. The monoisotopic (exact) mass is 276 g/mol. The van der Waals surface area contributed by atoms with E-state index in [-0.39, 0.29) is 5.97 Å². The third-order valence-corrected chi connectivity index (χ3v) is 3.42. The highest BCUT2D eigenvalue weighted by atomic mass is 16.5. The number of imidazole rings is 1. The van der Waals surface area contributed by atoms with Crippen LogP contribution in [0.2, 0.25) is 0 Å². The molecule has 1 atom stereocenters. The molecule has 6 heteroatoms. The molecule has 20 heavy (non-hydrogen) atoms. The number of aromatic nitrogens is 3. The Morgan fingerprint density at radius 1 is 1.50 bits per heavy atom. The molecule has 2 heterocycles. The summed E-state index contributed by atoms with van der Waals surface area (Å²) in [6.07, 6.45) is 4.95. The van der Waals surface area contributed by atoms with Crippen molar-refractivity contribution in [1.29, 1.82) is 0 Å². The highest BCUT2D eigenvalue weighted by Gasteiger charge is 2.34. The summed E-state index contributed by atoms with van der Waals surface area (Å²) in [7, 11) is 3.32. The maximum Gasteiger partial charge on any atom is 0.331 e. The zero-order valence-electron chi connectivity index (χ0n) is 12.3. The third kappa shape index (κ3) is 2.45. The molecule has 0 spiro atoms. The Labute approximate surface area is 118 Å². The molecular formula is C14H20N4O2. The van der Waals surface area contributed by atoms with Gasteiger partial charge in [-0.25, -0.2) is 14.8 Å². The van der Waals surface area contributed by atoms with Gasteiger partial charge in [-0.3, -0.25) is 0 Å². The first kappa shape index (κ1) is 14.3. The maximum atomic E-state index is 12.0. The molecule has 2 aromatic heterocycles. The van der Waals surface area contributed by atoms with Gasteiger partial charge in [-0.05, 0) is 19.4 Å². The number of ether oxygens (including phenoxy) is 1. The van der Waals surface area contributed by atoms with Gasteiger partial charge < -0.3 is 14.6 Å². The van der Waals surface area contributed by atoms with Crippen molar-refractivity contribution in [3.05, 3.63) is 18.6 Å². The Morgan fingerprint density at radius 3 is 2.90 bits per heavy atom. The van der Waals surface area contributed by atoms with Gasteiger partial charge in [0.05, 0.1) is 19.0 Å². The predicted molar refractivity (Wildman–Crippen MR) is 77.5 cm³/mol. The van der Waals surface area contributed by atoms with E-state index in [1.165, 1.54) is 7.11 Å². The van der Waals surface area contributed by atoms with Crippen molar-refractivity contribution in [2.45, 2.75) is 32.2 Å². The Bertz CT molecular complexity index is 623. The summed E-state index contributed by atoms with van der Waals surface area (Å²) in [6.45, 7) is 3.85. The summed E-state index contributed by atoms with van der Waals surface area (Å²) < 4.78 is 6.82. The summed E-state index contributed by atoms with van der Waals surface area (Å²) in [5.74, 6) is 0.304. The molecule has 108 valence electrons. The van der Waals surface area contributed by atoms with Gasteiger partial charge in [0.25, 0.3) is 0 Å². The van der Waals surface area contributed by atoms with Crippen LogP contribution in [0, 0.1) is 0 Å². The largest absolute Gasteiger partial charge is 0.467 e. The molecule has 1 unspecified atom stereocenters. The number of rotatable bonds is 5. The average Bonchev–Trinajstić information content (AvgIpc) is 2.81. The average molecular weight is 276 g/mol. The molecule has 0 aliphatic heterocycles. The van der Waals surface area contributed by atoms with Crippen LogP contribution in [-0.2, 0) is 16.6 Å². The number of anilines is 1. The van der Waals surface area contributed by atoms with Crippen LogP contribution in [0.5, 0.6) is 0 Å². The Balaban J connectivity index is 2.41. The lowest BCUT2D eigenvalue weighted by atomic mass is 9.96. The summed E-state index contributed by atoms with van der Waals surface area (Å²) in [5, 5.41) is 3.20. The molecule has 6 nitrogen and oxygen atoms in total. The molecule has 0 saturated heterocycles. The molecule has 0 aliphatic rings. The first-order valence-electron chi connectivity index (χ1n) is 6.64. The molecule has 2 rings (SSSR count). The van der Waals surface area contributed by atoms with E-state index in [4.69, 9.17) is 4.74 Å². The number of hydrogen-bond donors (Lipinski definition) is 1. The lowest BCUT2D eigenvalue weighted by molar-refractivity contribution is -0.145. The normalized spacial score (nSPS) is 14.0. The van der Waals surface area contributed by atoms with E-state index in [0.29, 0.717) is 12.2 Å². The topological polar surface area (TPSA) is 69.0 Å².